The normalized spacial score (nSPS) is 11.5. The van der Waals surface area contributed by atoms with Crippen molar-refractivity contribution in [3.8, 4) is 44.5 Å². The van der Waals surface area contributed by atoms with Gasteiger partial charge in [-0.1, -0.05) is 188 Å². The molecule has 0 aliphatic heterocycles. The highest BCUT2D eigenvalue weighted by Crippen LogP contribution is 2.45. The molecular weight excluding hydrogens is 751 g/mol. The summed E-state index contributed by atoms with van der Waals surface area (Å²) in [4.78, 5) is 2.41. The molecule has 0 bridgehead atoms. The van der Waals surface area contributed by atoms with Crippen LogP contribution in [0.15, 0.2) is 241 Å². The topological polar surface area (TPSA) is 16.4 Å². The van der Waals surface area contributed by atoms with Crippen molar-refractivity contribution in [2.75, 3.05) is 4.90 Å². The molecule has 0 aliphatic carbocycles. The number of anilines is 3. The highest BCUT2D eigenvalue weighted by molar-refractivity contribution is 6.15. The molecule has 2 heteroatoms. The predicted octanol–water partition coefficient (Wildman–Crippen LogP) is 17.2. The molecule has 2 nitrogen and oxygen atoms in total. The molecule has 0 fully saturated rings. The van der Waals surface area contributed by atoms with Crippen molar-refractivity contribution in [3.05, 3.63) is 237 Å². The molecule has 0 saturated carbocycles. The second-order valence-electron chi connectivity index (χ2n) is 16.1. The van der Waals surface area contributed by atoms with Crippen molar-refractivity contribution in [3.63, 3.8) is 0 Å². The van der Waals surface area contributed by atoms with E-state index in [-0.39, 0.29) is 0 Å². The Morgan fingerprint density at radius 1 is 0.274 bits per heavy atom. The molecule has 0 N–H and O–H groups in total. The average molecular weight is 790 g/mol. The van der Waals surface area contributed by atoms with Gasteiger partial charge in [-0.2, -0.15) is 0 Å². The minimum atomic E-state index is 0.899. The van der Waals surface area contributed by atoms with Crippen LogP contribution < -0.4 is 4.90 Å². The maximum Gasteiger partial charge on any atom is 0.136 e. The number of hydrogen-bond acceptors (Lipinski definition) is 2. The first-order valence-electron chi connectivity index (χ1n) is 21.2. The Kier molecular flexibility index (Phi) is 8.53. The molecule has 0 unspecified atom stereocenters. The minimum Gasteiger partial charge on any atom is -0.456 e. The molecule has 12 rings (SSSR count). The first kappa shape index (κ1) is 35.7. The van der Waals surface area contributed by atoms with Crippen molar-refractivity contribution >= 4 is 71.3 Å². The SMILES string of the molecule is c1ccc(-c2ccc(-c3c(-c4ccc(N(c5ccc(-c6ccc7c(c6)oc6ccccc67)cc5)c5cc6ccccc6c6ccccc56)cc4)ccc4ccccc34)cc2)cc1. The molecule has 62 heavy (non-hydrogen) atoms. The molecule has 1 heterocycles. The monoisotopic (exact) mass is 789 g/mol. The van der Waals surface area contributed by atoms with Crippen molar-refractivity contribution in [2.45, 2.75) is 0 Å². The molecule has 12 aromatic rings. The van der Waals surface area contributed by atoms with E-state index in [0.717, 1.165) is 50.1 Å². The Balaban J connectivity index is 0.981. The van der Waals surface area contributed by atoms with Gasteiger partial charge in [0.1, 0.15) is 11.2 Å². The van der Waals surface area contributed by atoms with E-state index in [9.17, 15) is 0 Å². The summed E-state index contributed by atoms with van der Waals surface area (Å²) < 4.78 is 6.28. The number of fused-ring (bicyclic) bond motifs is 7. The predicted molar refractivity (Wildman–Crippen MR) is 263 cm³/mol. The van der Waals surface area contributed by atoms with E-state index in [2.05, 4.69) is 229 Å². The van der Waals surface area contributed by atoms with Gasteiger partial charge in [0.2, 0.25) is 0 Å². The molecule has 0 saturated heterocycles. The number of rotatable bonds is 7. The zero-order valence-corrected chi connectivity index (χ0v) is 33.9. The Bertz CT molecular complexity index is 3600. The van der Waals surface area contributed by atoms with Crippen molar-refractivity contribution in [1.82, 2.24) is 0 Å². The maximum absolute atomic E-state index is 6.28. The molecule has 11 aromatic carbocycles. The van der Waals surface area contributed by atoms with Gasteiger partial charge in [0, 0.05) is 27.5 Å². The third-order valence-corrected chi connectivity index (χ3v) is 12.5. The van der Waals surface area contributed by atoms with E-state index in [1.165, 1.54) is 65.7 Å². The van der Waals surface area contributed by atoms with Gasteiger partial charge >= 0.3 is 0 Å². The fourth-order valence-corrected chi connectivity index (χ4v) is 9.43. The van der Waals surface area contributed by atoms with Gasteiger partial charge in [-0.25, -0.2) is 0 Å². The second-order valence-corrected chi connectivity index (χ2v) is 16.1. The van der Waals surface area contributed by atoms with Crippen molar-refractivity contribution < 1.29 is 4.42 Å². The third kappa shape index (κ3) is 6.12. The highest BCUT2D eigenvalue weighted by atomic mass is 16.3. The van der Waals surface area contributed by atoms with Crippen LogP contribution in [0.3, 0.4) is 0 Å². The summed E-state index contributed by atoms with van der Waals surface area (Å²) in [5.74, 6) is 0. The lowest BCUT2D eigenvalue weighted by Gasteiger charge is -2.28. The van der Waals surface area contributed by atoms with E-state index in [0.29, 0.717) is 0 Å². The summed E-state index contributed by atoms with van der Waals surface area (Å²) in [6, 6.07) is 85.6. The lowest BCUT2D eigenvalue weighted by Crippen LogP contribution is -2.10. The number of nitrogens with zero attached hydrogens (tertiary/aromatic N) is 1. The first-order valence-corrected chi connectivity index (χ1v) is 21.2. The van der Waals surface area contributed by atoms with Gasteiger partial charge < -0.3 is 9.32 Å². The van der Waals surface area contributed by atoms with Gasteiger partial charge in [0.25, 0.3) is 0 Å². The zero-order chi connectivity index (χ0) is 41.0. The zero-order valence-electron chi connectivity index (χ0n) is 33.9. The Hall–Kier alpha value is -8.20. The van der Waals surface area contributed by atoms with E-state index in [1.54, 1.807) is 0 Å². The van der Waals surface area contributed by atoms with Crippen LogP contribution in [0, 0.1) is 0 Å². The van der Waals surface area contributed by atoms with Gasteiger partial charge in [-0.15, -0.1) is 0 Å². The largest absolute Gasteiger partial charge is 0.456 e. The van der Waals surface area contributed by atoms with Gasteiger partial charge in [-0.05, 0) is 120 Å². The van der Waals surface area contributed by atoms with Crippen LogP contribution in [-0.4, -0.2) is 0 Å². The third-order valence-electron chi connectivity index (χ3n) is 12.5. The van der Waals surface area contributed by atoms with E-state index in [4.69, 9.17) is 4.42 Å². The number of furan rings is 1. The number of hydrogen-bond donors (Lipinski definition) is 0. The Labute approximate surface area is 360 Å². The van der Waals surface area contributed by atoms with Gasteiger partial charge in [-0.3, -0.25) is 0 Å². The maximum atomic E-state index is 6.28. The molecule has 0 aliphatic rings. The van der Waals surface area contributed by atoms with Crippen molar-refractivity contribution in [1.29, 1.82) is 0 Å². The lowest BCUT2D eigenvalue weighted by molar-refractivity contribution is 0.669. The van der Waals surface area contributed by atoms with Crippen LogP contribution in [0.1, 0.15) is 0 Å². The summed E-state index contributed by atoms with van der Waals surface area (Å²) in [5.41, 5.74) is 14.6. The van der Waals surface area contributed by atoms with E-state index < -0.39 is 0 Å². The second kappa shape index (κ2) is 14.8. The van der Waals surface area contributed by atoms with Crippen molar-refractivity contribution in [2.24, 2.45) is 0 Å². The first-order chi connectivity index (χ1) is 30.7. The molecule has 0 amide bonds. The van der Waals surface area contributed by atoms with E-state index in [1.807, 2.05) is 12.1 Å². The highest BCUT2D eigenvalue weighted by Gasteiger charge is 2.19. The summed E-state index contributed by atoms with van der Waals surface area (Å²) in [6.07, 6.45) is 0. The summed E-state index contributed by atoms with van der Waals surface area (Å²) in [7, 11) is 0. The molecule has 1 aromatic heterocycles. The fraction of sp³-hybridized carbons (Fsp3) is 0. The molecule has 290 valence electrons. The number of para-hydroxylation sites is 1. The van der Waals surface area contributed by atoms with E-state index >= 15 is 0 Å². The van der Waals surface area contributed by atoms with Crippen LogP contribution >= 0.6 is 0 Å². The fourth-order valence-electron chi connectivity index (χ4n) is 9.43. The van der Waals surface area contributed by atoms with Crippen LogP contribution in [0.5, 0.6) is 0 Å². The Morgan fingerprint density at radius 2 is 0.790 bits per heavy atom. The summed E-state index contributed by atoms with van der Waals surface area (Å²) >= 11 is 0. The van der Waals surface area contributed by atoms with Gasteiger partial charge in [0.05, 0.1) is 5.69 Å². The molecule has 0 atom stereocenters. The average Bonchev–Trinajstić information content (AvgIpc) is 3.73. The molecule has 0 radical (unpaired) electrons. The molecule has 0 spiro atoms. The van der Waals surface area contributed by atoms with Crippen LogP contribution in [0.2, 0.25) is 0 Å². The minimum absolute atomic E-state index is 0.899. The summed E-state index contributed by atoms with van der Waals surface area (Å²) in [5, 5.41) is 9.63. The Morgan fingerprint density at radius 3 is 1.55 bits per heavy atom. The quantitative estimate of drug-likeness (QED) is 0.150. The number of benzene rings is 11. The standard InChI is InChI=1S/C60H39NO/c1-2-12-40(13-3-1)41-22-24-45(25-23-41)60-51-17-7-4-14-43(51)30-36-52(60)44-28-34-49(35-29-44)61(57-38-47-15-5-6-16-50(47)53-18-8-9-19-54(53)57)48-32-26-42(27-33-48)46-31-37-56-55-20-10-11-21-58(55)62-59(56)39-46/h1-39H. The van der Waals surface area contributed by atoms with Crippen LogP contribution in [0.25, 0.3) is 98.8 Å². The molecular formula is C60H39NO. The summed E-state index contributed by atoms with van der Waals surface area (Å²) in [6.45, 7) is 0. The van der Waals surface area contributed by atoms with Gasteiger partial charge in [0.15, 0.2) is 0 Å². The lowest BCUT2D eigenvalue weighted by atomic mass is 9.89. The van der Waals surface area contributed by atoms with Crippen LogP contribution in [-0.2, 0) is 0 Å². The smallest absolute Gasteiger partial charge is 0.136 e. The van der Waals surface area contributed by atoms with Crippen LogP contribution in [0.4, 0.5) is 17.1 Å².